The quantitative estimate of drug-likeness (QED) is 0.886. The molecule has 1 N–H and O–H groups in total. The SMILES string of the molecule is Cc1ccc(CNC(=O)C(C)N(C)Cc2ccc(C)cc2)cc1. The van der Waals surface area contributed by atoms with Gasteiger partial charge in [-0.05, 0) is 38.9 Å². The zero-order chi connectivity index (χ0) is 16.8. The molecule has 0 aliphatic rings. The molecule has 0 aromatic heterocycles. The molecule has 2 aromatic carbocycles. The summed E-state index contributed by atoms with van der Waals surface area (Å²) in [4.78, 5) is 14.4. The summed E-state index contributed by atoms with van der Waals surface area (Å²) in [5.74, 6) is 0.0557. The maximum atomic E-state index is 12.3. The van der Waals surface area contributed by atoms with E-state index >= 15 is 0 Å². The maximum absolute atomic E-state index is 12.3. The summed E-state index contributed by atoms with van der Waals surface area (Å²) >= 11 is 0. The van der Waals surface area contributed by atoms with E-state index < -0.39 is 0 Å². The van der Waals surface area contributed by atoms with Crippen LogP contribution in [-0.4, -0.2) is 23.9 Å². The van der Waals surface area contributed by atoms with E-state index in [2.05, 4.69) is 72.6 Å². The zero-order valence-corrected chi connectivity index (χ0v) is 14.5. The lowest BCUT2D eigenvalue weighted by molar-refractivity contribution is -0.125. The van der Waals surface area contributed by atoms with Gasteiger partial charge in [0.1, 0.15) is 0 Å². The van der Waals surface area contributed by atoms with Crippen molar-refractivity contribution in [3.8, 4) is 0 Å². The molecule has 0 aliphatic carbocycles. The number of hydrogen-bond acceptors (Lipinski definition) is 2. The summed E-state index contributed by atoms with van der Waals surface area (Å²) in [7, 11) is 1.98. The smallest absolute Gasteiger partial charge is 0.237 e. The van der Waals surface area contributed by atoms with Crippen molar-refractivity contribution in [2.24, 2.45) is 0 Å². The van der Waals surface area contributed by atoms with Crippen LogP contribution >= 0.6 is 0 Å². The summed E-state index contributed by atoms with van der Waals surface area (Å²) in [6, 6.07) is 16.5. The molecule has 0 saturated heterocycles. The zero-order valence-electron chi connectivity index (χ0n) is 14.5. The highest BCUT2D eigenvalue weighted by Crippen LogP contribution is 2.09. The first kappa shape index (κ1) is 17.2. The Kier molecular flexibility index (Phi) is 5.94. The number of carbonyl (C=O) groups excluding carboxylic acids is 1. The van der Waals surface area contributed by atoms with Gasteiger partial charge in [0, 0.05) is 13.1 Å². The van der Waals surface area contributed by atoms with Gasteiger partial charge >= 0.3 is 0 Å². The molecule has 0 fully saturated rings. The number of carbonyl (C=O) groups is 1. The molecule has 0 bridgehead atoms. The van der Waals surface area contributed by atoms with Crippen molar-refractivity contribution >= 4 is 5.91 Å². The standard InChI is InChI=1S/C20H26N2O/c1-15-5-9-18(10-6-15)13-21-20(23)17(3)22(4)14-19-11-7-16(2)8-12-19/h5-12,17H,13-14H2,1-4H3,(H,21,23). The van der Waals surface area contributed by atoms with E-state index in [9.17, 15) is 4.79 Å². The van der Waals surface area contributed by atoms with Crippen molar-refractivity contribution in [1.82, 2.24) is 10.2 Å². The summed E-state index contributed by atoms with van der Waals surface area (Å²) in [6.45, 7) is 7.42. The van der Waals surface area contributed by atoms with Crippen LogP contribution < -0.4 is 5.32 Å². The van der Waals surface area contributed by atoms with Crippen LogP contribution in [-0.2, 0) is 17.9 Å². The second-order valence-corrected chi connectivity index (χ2v) is 6.28. The fraction of sp³-hybridized carbons (Fsp3) is 0.350. The number of hydrogen-bond donors (Lipinski definition) is 1. The molecule has 23 heavy (non-hydrogen) atoms. The summed E-state index contributed by atoms with van der Waals surface area (Å²) in [5.41, 5.74) is 4.82. The predicted molar refractivity (Wildman–Crippen MR) is 95.1 cm³/mol. The molecule has 0 heterocycles. The number of nitrogens with zero attached hydrogens (tertiary/aromatic N) is 1. The Bertz CT molecular complexity index is 632. The molecule has 122 valence electrons. The van der Waals surface area contributed by atoms with Gasteiger partial charge in [-0.2, -0.15) is 0 Å². The predicted octanol–water partition coefficient (Wildman–Crippen LogP) is 3.44. The molecule has 3 nitrogen and oxygen atoms in total. The first-order chi connectivity index (χ1) is 11.0. The van der Waals surface area contributed by atoms with Crippen LogP contribution in [0.4, 0.5) is 0 Å². The van der Waals surface area contributed by atoms with Crippen LogP contribution in [0.15, 0.2) is 48.5 Å². The third-order valence-electron chi connectivity index (χ3n) is 4.18. The Hall–Kier alpha value is -2.13. The minimum atomic E-state index is -0.165. The van der Waals surface area contributed by atoms with Gasteiger partial charge < -0.3 is 5.32 Å². The highest BCUT2D eigenvalue weighted by Gasteiger charge is 2.17. The summed E-state index contributed by atoms with van der Waals surface area (Å²) in [5, 5.41) is 3.01. The van der Waals surface area contributed by atoms with E-state index in [1.54, 1.807) is 0 Å². The Morgan fingerprint density at radius 3 is 1.96 bits per heavy atom. The Labute approximate surface area is 139 Å². The highest BCUT2D eigenvalue weighted by molar-refractivity contribution is 5.81. The van der Waals surface area contributed by atoms with E-state index in [0.29, 0.717) is 6.54 Å². The Morgan fingerprint density at radius 2 is 1.43 bits per heavy atom. The molecule has 0 aliphatic heterocycles. The lowest BCUT2D eigenvalue weighted by Crippen LogP contribution is -2.42. The van der Waals surface area contributed by atoms with Gasteiger partial charge in [-0.3, -0.25) is 9.69 Å². The molecular weight excluding hydrogens is 284 g/mol. The van der Waals surface area contributed by atoms with Crippen molar-refractivity contribution in [3.05, 3.63) is 70.8 Å². The Balaban J connectivity index is 1.85. The van der Waals surface area contributed by atoms with Crippen molar-refractivity contribution in [1.29, 1.82) is 0 Å². The third-order valence-corrected chi connectivity index (χ3v) is 4.18. The van der Waals surface area contributed by atoms with Crippen LogP contribution in [0.1, 0.15) is 29.2 Å². The van der Waals surface area contributed by atoms with Crippen molar-refractivity contribution in [2.75, 3.05) is 7.05 Å². The molecule has 1 amide bonds. The first-order valence-electron chi connectivity index (χ1n) is 8.05. The van der Waals surface area contributed by atoms with Crippen LogP contribution in [0.2, 0.25) is 0 Å². The van der Waals surface area contributed by atoms with Crippen LogP contribution in [0.5, 0.6) is 0 Å². The summed E-state index contributed by atoms with van der Waals surface area (Å²) in [6.07, 6.45) is 0. The van der Waals surface area contributed by atoms with Gasteiger partial charge in [0.2, 0.25) is 5.91 Å². The molecule has 1 unspecified atom stereocenters. The summed E-state index contributed by atoms with van der Waals surface area (Å²) < 4.78 is 0. The Morgan fingerprint density at radius 1 is 0.957 bits per heavy atom. The van der Waals surface area contributed by atoms with E-state index in [1.807, 2.05) is 14.0 Å². The van der Waals surface area contributed by atoms with Gasteiger partial charge in [0.05, 0.1) is 6.04 Å². The van der Waals surface area contributed by atoms with Gasteiger partial charge in [0.25, 0.3) is 0 Å². The van der Waals surface area contributed by atoms with Crippen molar-refractivity contribution < 1.29 is 4.79 Å². The number of nitrogens with one attached hydrogen (secondary N) is 1. The third kappa shape index (κ3) is 5.22. The molecular formula is C20H26N2O. The topological polar surface area (TPSA) is 32.3 Å². The monoisotopic (exact) mass is 310 g/mol. The number of aryl methyl sites for hydroxylation is 2. The lowest BCUT2D eigenvalue weighted by atomic mass is 10.1. The maximum Gasteiger partial charge on any atom is 0.237 e. The molecule has 2 aromatic rings. The van der Waals surface area contributed by atoms with E-state index in [4.69, 9.17) is 0 Å². The number of benzene rings is 2. The largest absolute Gasteiger partial charge is 0.351 e. The van der Waals surface area contributed by atoms with Gasteiger partial charge in [-0.25, -0.2) is 0 Å². The van der Waals surface area contributed by atoms with E-state index in [1.165, 1.54) is 16.7 Å². The number of amides is 1. The molecule has 3 heteroatoms. The van der Waals surface area contributed by atoms with Crippen LogP contribution in [0, 0.1) is 13.8 Å². The second kappa shape index (κ2) is 7.93. The van der Waals surface area contributed by atoms with Gasteiger partial charge in [-0.15, -0.1) is 0 Å². The average molecular weight is 310 g/mol. The number of likely N-dealkylation sites (N-methyl/N-ethyl adjacent to an activating group) is 1. The lowest BCUT2D eigenvalue weighted by Gasteiger charge is -2.24. The highest BCUT2D eigenvalue weighted by atomic mass is 16.2. The second-order valence-electron chi connectivity index (χ2n) is 6.28. The van der Waals surface area contributed by atoms with Crippen LogP contribution in [0.3, 0.4) is 0 Å². The van der Waals surface area contributed by atoms with Crippen molar-refractivity contribution in [3.63, 3.8) is 0 Å². The minimum Gasteiger partial charge on any atom is -0.351 e. The number of rotatable bonds is 6. The van der Waals surface area contributed by atoms with Crippen molar-refractivity contribution in [2.45, 2.75) is 39.9 Å². The molecule has 1 atom stereocenters. The molecule has 2 rings (SSSR count). The fourth-order valence-electron chi connectivity index (χ4n) is 2.36. The van der Waals surface area contributed by atoms with Gasteiger partial charge in [-0.1, -0.05) is 59.7 Å². The normalized spacial score (nSPS) is 12.2. The van der Waals surface area contributed by atoms with E-state index in [-0.39, 0.29) is 11.9 Å². The molecule has 0 spiro atoms. The molecule has 0 saturated carbocycles. The minimum absolute atomic E-state index is 0.0557. The van der Waals surface area contributed by atoms with Crippen LogP contribution in [0.25, 0.3) is 0 Å². The molecule has 0 radical (unpaired) electrons. The fourth-order valence-corrected chi connectivity index (χ4v) is 2.36. The first-order valence-corrected chi connectivity index (χ1v) is 8.05. The van der Waals surface area contributed by atoms with Gasteiger partial charge in [0.15, 0.2) is 0 Å². The van der Waals surface area contributed by atoms with E-state index in [0.717, 1.165) is 12.1 Å². The average Bonchev–Trinajstić information content (AvgIpc) is 2.55.